The van der Waals surface area contributed by atoms with Crippen molar-refractivity contribution in [1.82, 2.24) is 4.98 Å². The van der Waals surface area contributed by atoms with Gasteiger partial charge in [-0.2, -0.15) is 0 Å². The maximum Gasteiger partial charge on any atom is 0.266 e. The minimum absolute atomic E-state index is 0.231. The first kappa shape index (κ1) is 19.9. The molecule has 1 amide bonds. The molecule has 1 aromatic heterocycles. The molecule has 0 radical (unpaired) electrons. The Bertz CT molecular complexity index is 1050. The molecule has 0 aliphatic heterocycles. The number of thiazole rings is 1. The van der Waals surface area contributed by atoms with Crippen molar-refractivity contribution in [2.45, 2.75) is 45.6 Å². The summed E-state index contributed by atoms with van der Waals surface area (Å²) in [6.45, 7) is 3.62. The Labute approximate surface area is 179 Å². The van der Waals surface area contributed by atoms with Gasteiger partial charge in [-0.25, -0.2) is 4.98 Å². The monoisotopic (exact) mass is 426 g/mol. The molecular formula is C23H23ClN2O2S. The molecule has 4 rings (SSSR count). The fourth-order valence-electron chi connectivity index (χ4n) is 3.55. The van der Waals surface area contributed by atoms with Gasteiger partial charge in [-0.1, -0.05) is 23.7 Å². The lowest BCUT2D eigenvalue weighted by molar-refractivity contribution is -0.122. The molecule has 1 unspecified atom stereocenters. The van der Waals surface area contributed by atoms with Crippen molar-refractivity contribution in [3.63, 3.8) is 0 Å². The zero-order valence-corrected chi connectivity index (χ0v) is 18.1. The fourth-order valence-corrected chi connectivity index (χ4v) is 4.50. The summed E-state index contributed by atoms with van der Waals surface area (Å²) in [6.07, 6.45) is 4.18. The molecule has 0 saturated heterocycles. The minimum atomic E-state index is -0.647. The van der Waals surface area contributed by atoms with Gasteiger partial charge >= 0.3 is 0 Å². The van der Waals surface area contributed by atoms with Crippen LogP contribution in [0, 0.1) is 6.92 Å². The Hall–Kier alpha value is -2.37. The number of ether oxygens (including phenoxy) is 1. The first-order valence-corrected chi connectivity index (χ1v) is 11.1. The number of nitrogens with zero attached hydrogens (tertiary/aromatic N) is 1. The lowest BCUT2D eigenvalue weighted by Gasteiger charge is -2.16. The van der Waals surface area contributed by atoms with Crippen molar-refractivity contribution in [1.29, 1.82) is 0 Å². The summed E-state index contributed by atoms with van der Waals surface area (Å²) in [5.74, 6) is 0.414. The van der Waals surface area contributed by atoms with Crippen molar-refractivity contribution in [3.05, 3.63) is 63.5 Å². The van der Waals surface area contributed by atoms with Crippen LogP contribution in [0.2, 0.25) is 5.02 Å². The van der Waals surface area contributed by atoms with Gasteiger partial charge in [0.2, 0.25) is 0 Å². The third-order valence-corrected chi connectivity index (χ3v) is 6.18. The van der Waals surface area contributed by atoms with E-state index in [4.69, 9.17) is 16.3 Å². The van der Waals surface area contributed by atoms with Crippen LogP contribution in [0.1, 0.15) is 36.5 Å². The van der Waals surface area contributed by atoms with E-state index < -0.39 is 6.10 Å². The number of fused-ring (bicyclic) bond motifs is 1. The predicted molar refractivity (Wildman–Crippen MR) is 119 cm³/mol. The summed E-state index contributed by atoms with van der Waals surface area (Å²) in [5, 5.41) is 6.06. The van der Waals surface area contributed by atoms with Crippen LogP contribution in [0.15, 0.2) is 41.8 Å². The first-order chi connectivity index (χ1) is 14.0. The quantitative estimate of drug-likeness (QED) is 0.539. The van der Waals surface area contributed by atoms with E-state index in [0.29, 0.717) is 15.9 Å². The van der Waals surface area contributed by atoms with E-state index in [1.165, 1.54) is 41.7 Å². The number of hydrogen-bond acceptors (Lipinski definition) is 4. The van der Waals surface area contributed by atoms with Gasteiger partial charge in [0.05, 0.1) is 5.69 Å². The van der Waals surface area contributed by atoms with Gasteiger partial charge in [-0.15, -0.1) is 11.3 Å². The van der Waals surface area contributed by atoms with Crippen LogP contribution in [-0.2, 0) is 17.6 Å². The van der Waals surface area contributed by atoms with Gasteiger partial charge in [-0.3, -0.25) is 10.1 Å². The molecule has 150 valence electrons. The third-order valence-electron chi connectivity index (χ3n) is 5.19. The Morgan fingerprint density at radius 2 is 1.97 bits per heavy atom. The van der Waals surface area contributed by atoms with Crippen molar-refractivity contribution in [2.75, 3.05) is 5.32 Å². The van der Waals surface area contributed by atoms with E-state index in [-0.39, 0.29) is 5.91 Å². The summed E-state index contributed by atoms with van der Waals surface area (Å²) < 4.78 is 5.79. The molecule has 1 aliphatic rings. The summed E-state index contributed by atoms with van der Waals surface area (Å²) in [7, 11) is 0. The number of halogens is 1. The average Bonchev–Trinajstić information content (AvgIpc) is 3.18. The summed E-state index contributed by atoms with van der Waals surface area (Å²) >= 11 is 7.40. The number of aromatic nitrogens is 1. The number of amides is 1. The number of carbonyl (C=O) groups excluding carboxylic acids is 1. The molecule has 1 aliphatic carbocycles. The van der Waals surface area contributed by atoms with Crippen LogP contribution in [0.3, 0.4) is 0 Å². The number of nitrogens with one attached hydrogen (secondary N) is 1. The van der Waals surface area contributed by atoms with Crippen molar-refractivity contribution in [2.24, 2.45) is 0 Å². The van der Waals surface area contributed by atoms with Crippen LogP contribution in [-0.4, -0.2) is 17.0 Å². The zero-order chi connectivity index (χ0) is 20.4. The summed E-state index contributed by atoms with van der Waals surface area (Å²) in [5.41, 5.74) is 5.75. The topological polar surface area (TPSA) is 51.2 Å². The molecule has 1 N–H and O–H groups in total. The van der Waals surface area contributed by atoms with Gasteiger partial charge in [0.25, 0.3) is 5.91 Å². The Morgan fingerprint density at radius 3 is 2.76 bits per heavy atom. The second-order valence-corrected chi connectivity index (χ2v) is 8.68. The standard InChI is InChI=1S/C23H23ClN2O2S/c1-14-11-19(24)9-10-21(14)28-15(2)22(27)26-23-25-20(13-29-23)18-8-7-16-5-3-4-6-17(16)12-18/h7-13,15H,3-6H2,1-2H3,(H,25,26,27). The zero-order valence-electron chi connectivity index (χ0n) is 16.5. The second kappa shape index (κ2) is 8.56. The van der Waals surface area contributed by atoms with Crippen molar-refractivity contribution < 1.29 is 9.53 Å². The lowest BCUT2D eigenvalue weighted by Crippen LogP contribution is -2.30. The molecule has 29 heavy (non-hydrogen) atoms. The molecule has 1 atom stereocenters. The predicted octanol–water partition coefficient (Wildman–Crippen LogP) is 6.06. The maximum atomic E-state index is 12.5. The highest BCUT2D eigenvalue weighted by atomic mass is 35.5. The van der Waals surface area contributed by atoms with Gasteiger partial charge < -0.3 is 4.74 Å². The minimum Gasteiger partial charge on any atom is -0.481 e. The smallest absolute Gasteiger partial charge is 0.266 e. The molecule has 2 aromatic carbocycles. The average molecular weight is 427 g/mol. The fraction of sp³-hybridized carbons (Fsp3) is 0.304. The number of benzene rings is 2. The molecular weight excluding hydrogens is 404 g/mol. The van der Waals surface area contributed by atoms with Crippen molar-refractivity contribution >= 4 is 34.0 Å². The second-order valence-electron chi connectivity index (χ2n) is 7.39. The molecule has 6 heteroatoms. The van der Waals surface area contributed by atoms with Crippen LogP contribution in [0.5, 0.6) is 5.75 Å². The lowest BCUT2D eigenvalue weighted by atomic mass is 9.90. The highest BCUT2D eigenvalue weighted by Gasteiger charge is 2.18. The van der Waals surface area contributed by atoms with Gasteiger partial charge in [0.1, 0.15) is 5.75 Å². The number of carbonyl (C=O) groups is 1. The number of rotatable bonds is 5. The van der Waals surface area contributed by atoms with E-state index in [0.717, 1.165) is 23.2 Å². The molecule has 3 aromatic rings. The first-order valence-electron chi connectivity index (χ1n) is 9.81. The van der Waals surface area contributed by atoms with Crippen LogP contribution in [0.4, 0.5) is 5.13 Å². The van der Waals surface area contributed by atoms with Crippen molar-refractivity contribution in [3.8, 4) is 17.0 Å². The van der Waals surface area contributed by atoms with Crippen LogP contribution < -0.4 is 10.1 Å². The normalized spacial score (nSPS) is 14.2. The molecule has 0 bridgehead atoms. The Morgan fingerprint density at radius 1 is 1.17 bits per heavy atom. The largest absolute Gasteiger partial charge is 0.481 e. The summed E-state index contributed by atoms with van der Waals surface area (Å²) in [4.78, 5) is 17.1. The Kier molecular flexibility index (Phi) is 5.88. The van der Waals surface area contributed by atoms with Gasteiger partial charge in [-0.05, 0) is 80.5 Å². The van der Waals surface area contributed by atoms with Gasteiger partial charge in [0.15, 0.2) is 11.2 Å². The highest BCUT2D eigenvalue weighted by molar-refractivity contribution is 7.14. The highest BCUT2D eigenvalue weighted by Crippen LogP contribution is 2.30. The SMILES string of the molecule is Cc1cc(Cl)ccc1OC(C)C(=O)Nc1nc(-c2ccc3c(c2)CCCC3)cs1. The van der Waals surface area contributed by atoms with E-state index in [9.17, 15) is 4.79 Å². The number of aryl methyl sites for hydroxylation is 3. The Balaban J connectivity index is 1.42. The third kappa shape index (κ3) is 4.62. The molecule has 0 spiro atoms. The summed E-state index contributed by atoms with van der Waals surface area (Å²) in [6, 6.07) is 11.9. The van der Waals surface area contributed by atoms with E-state index >= 15 is 0 Å². The molecule has 1 heterocycles. The maximum absolute atomic E-state index is 12.5. The number of anilines is 1. The number of hydrogen-bond donors (Lipinski definition) is 1. The van der Waals surface area contributed by atoms with Crippen LogP contribution in [0.25, 0.3) is 11.3 Å². The van der Waals surface area contributed by atoms with E-state index in [2.05, 4.69) is 28.5 Å². The molecule has 0 saturated carbocycles. The van der Waals surface area contributed by atoms with Crippen LogP contribution >= 0.6 is 22.9 Å². The molecule has 0 fully saturated rings. The van der Waals surface area contributed by atoms with Gasteiger partial charge in [0, 0.05) is 16.0 Å². The van der Waals surface area contributed by atoms with E-state index in [1.54, 1.807) is 19.1 Å². The van der Waals surface area contributed by atoms with E-state index in [1.807, 2.05) is 18.4 Å². The molecule has 4 nitrogen and oxygen atoms in total.